The Bertz CT molecular complexity index is 992. The molecule has 0 unspecified atom stereocenters. The van der Waals surface area contributed by atoms with Crippen LogP contribution in [0.5, 0.6) is 0 Å². The molecule has 3 rings (SSSR count). The molecule has 1 saturated heterocycles. The number of carbonyl (C=O) groups is 2. The maximum absolute atomic E-state index is 12.7. The lowest BCUT2D eigenvalue weighted by molar-refractivity contribution is -0.132. The van der Waals surface area contributed by atoms with Crippen LogP contribution in [0.3, 0.4) is 0 Å². The van der Waals surface area contributed by atoms with Crippen LogP contribution < -0.4 is 0 Å². The molecule has 0 atom stereocenters. The number of carbonyl (C=O) groups excluding carboxylic acids is 2. The zero-order valence-corrected chi connectivity index (χ0v) is 20.6. The maximum atomic E-state index is 12.7. The molecular weight excluding hydrogens is 412 g/mol. The second kappa shape index (κ2) is 10.7. The molecule has 0 spiro atoms. The van der Waals surface area contributed by atoms with Crippen molar-refractivity contribution in [2.24, 2.45) is 0 Å². The number of hydrogen-bond acceptors (Lipinski definition) is 3. The topological polar surface area (TPSA) is 49.9 Å². The summed E-state index contributed by atoms with van der Waals surface area (Å²) in [6.45, 7) is 12.0. The molecule has 176 valence electrons. The van der Waals surface area contributed by atoms with Crippen molar-refractivity contribution in [2.45, 2.75) is 53.1 Å². The van der Waals surface area contributed by atoms with Gasteiger partial charge >= 0.3 is 6.09 Å². The molecule has 1 aliphatic heterocycles. The number of aryl methyl sites for hydroxylation is 3. The van der Waals surface area contributed by atoms with Crippen molar-refractivity contribution in [3.05, 3.63) is 70.3 Å². The van der Waals surface area contributed by atoms with Crippen LogP contribution in [0.2, 0.25) is 0 Å². The summed E-state index contributed by atoms with van der Waals surface area (Å²) in [4.78, 5) is 28.5. The van der Waals surface area contributed by atoms with Crippen LogP contribution in [0.4, 0.5) is 4.79 Å². The minimum Gasteiger partial charge on any atom is -0.444 e. The van der Waals surface area contributed by atoms with E-state index in [1.54, 1.807) is 4.90 Å². The van der Waals surface area contributed by atoms with Crippen LogP contribution in [0.15, 0.2) is 42.5 Å². The van der Waals surface area contributed by atoms with Gasteiger partial charge in [-0.2, -0.15) is 0 Å². The lowest BCUT2D eigenvalue weighted by Gasteiger charge is -2.35. The summed E-state index contributed by atoms with van der Waals surface area (Å²) in [6.07, 6.45) is 5.17. The molecule has 0 bridgehead atoms. The molecule has 2 amide bonds. The fraction of sp³-hybridized carbons (Fsp3) is 0.429. The normalized spacial score (nSPS) is 14.6. The van der Waals surface area contributed by atoms with Crippen LogP contribution in [-0.4, -0.2) is 53.6 Å². The summed E-state index contributed by atoms with van der Waals surface area (Å²) in [6, 6.07) is 14.7. The third kappa shape index (κ3) is 7.21. The number of hydrogen-bond donors (Lipinski definition) is 0. The van der Waals surface area contributed by atoms with Gasteiger partial charge in [0.2, 0.25) is 5.91 Å². The van der Waals surface area contributed by atoms with E-state index < -0.39 is 5.60 Å². The van der Waals surface area contributed by atoms with Gasteiger partial charge in [-0.05, 0) is 68.9 Å². The average Bonchev–Trinajstić information content (AvgIpc) is 2.76. The number of ether oxygens (including phenoxy) is 1. The average molecular weight is 449 g/mol. The Balaban J connectivity index is 1.51. The Morgan fingerprint density at radius 1 is 0.909 bits per heavy atom. The fourth-order valence-electron chi connectivity index (χ4n) is 4.00. The molecule has 0 aromatic heterocycles. The molecule has 0 N–H and O–H groups in total. The summed E-state index contributed by atoms with van der Waals surface area (Å²) in [5, 5.41) is 0. The summed E-state index contributed by atoms with van der Waals surface area (Å²) >= 11 is 0. The van der Waals surface area contributed by atoms with Gasteiger partial charge in [0.1, 0.15) is 5.60 Å². The minimum atomic E-state index is -0.507. The highest BCUT2D eigenvalue weighted by Crippen LogP contribution is 2.18. The number of benzene rings is 2. The Morgan fingerprint density at radius 3 is 2.15 bits per heavy atom. The quantitative estimate of drug-likeness (QED) is 0.569. The predicted molar refractivity (Wildman–Crippen MR) is 134 cm³/mol. The SMILES string of the molecule is Cc1cccc(C)c1C=Cc1cccc(CCC(=O)N2CCN(C(=O)OC(C)(C)C)CC2)c1. The number of nitrogens with zero attached hydrogens (tertiary/aromatic N) is 2. The van der Waals surface area contributed by atoms with Crippen LogP contribution >= 0.6 is 0 Å². The molecule has 1 heterocycles. The second-order valence-corrected chi connectivity index (χ2v) is 9.73. The van der Waals surface area contributed by atoms with Gasteiger partial charge in [-0.25, -0.2) is 4.79 Å². The zero-order valence-electron chi connectivity index (χ0n) is 20.6. The van der Waals surface area contributed by atoms with E-state index in [-0.39, 0.29) is 12.0 Å². The van der Waals surface area contributed by atoms with E-state index in [1.807, 2.05) is 31.7 Å². The van der Waals surface area contributed by atoms with Gasteiger partial charge in [0, 0.05) is 32.6 Å². The van der Waals surface area contributed by atoms with Crippen molar-refractivity contribution in [3.63, 3.8) is 0 Å². The first-order chi connectivity index (χ1) is 15.6. The number of rotatable bonds is 5. The maximum Gasteiger partial charge on any atom is 0.410 e. The molecule has 0 saturated carbocycles. The molecular formula is C28H36N2O3. The largest absolute Gasteiger partial charge is 0.444 e. The Hall–Kier alpha value is -3.08. The van der Waals surface area contributed by atoms with E-state index >= 15 is 0 Å². The third-order valence-electron chi connectivity index (χ3n) is 5.85. The van der Waals surface area contributed by atoms with Gasteiger partial charge in [-0.3, -0.25) is 4.79 Å². The fourth-order valence-corrected chi connectivity index (χ4v) is 4.00. The van der Waals surface area contributed by atoms with Gasteiger partial charge in [0.25, 0.3) is 0 Å². The number of piperazine rings is 1. The van der Waals surface area contributed by atoms with Crippen LogP contribution in [0.25, 0.3) is 12.2 Å². The van der Waals surface area contributed by atoms with E-state index in [1.165, 1.54) is 16.7 Å². The summed E-state index contributed by atoms with van der Waals surface area (Å²) < 4.78 is 5.43. The highest BCUT2D eigenvalue weighted by atomic mass is 16.6. The van der Waals surface area contributed by atoms with Crippen molar-refractivity contribution in [1.29, 1.82) is 0 Å². The van der Waals surface area contributed by atoms with E-state index in [0.29, 0.717) is 39.0 Å². The first-order valence-electron chi connectivity index (χ1n) is 11.7. The van der Waals surface area contributed by atoms with E-state index in [9.17, 15) is 9.59 Å². The molecule has 5 heteroatoms. The van der Waals surface area contributed by atoms with E-state index in [4.69, 9.17) is 4.74 Å². The molecule has 0 radical (unpaired) electrons. The highest BCUT2D eigenvalue weighted by molar-refractivity contribution is 5.77. The smallest absolute Gasteiger partial charge is 0.410 e. The summed E-state index contributed by atoms with van der Waals surface area (Å²) in [5.41, 5.74) is 5.56. The molecule has 5 nitrogen and oxygen atoms in total. The highest BCUT2D eigenvalue weighted by Gasteiger charge is 2.27. The number of amides is 2. The summed E-state index contributed by atoms with van der Waals surface area (Å²) in [7, 11) is 0. The summed E-state index contributed by atoms with van der Waals surface area (Å²) in [5.74, 6) is 0.135. The molecule has 33 heavy (non-hydrogen) atoms. The lowest BCUT2D eigenvalue weighted by Crippen LogP contribution is -2.51. The monoisotopic (exact) mass is 448 g/mol. The first kappa shape index (κ1) is 24.6. The van der Waals surface area contributed by atoms with Crippen LogP contribution in [0, 0.1) is 13.8 Å². The van der Waals surface area contributed by atoms with Crippen molar-refractivity contribution in [2.75, 3.05) is 26.2 Å². The Labute approximate surface area is 198 Å². The van der Waals surface area contributed by atoms with Gasteiger partial charge < -0.3 is 14.5 Å². The van der Waals surface area contributed by atoms with E-state index in [2.05, 4.69) is 62.4 Å². The van der Waals surface area contributed by atoms with Crippen molar-refractivity contribution in [3.8, 4) is 0 Å². The Morgan fingerprint density at radius 2 is 1.52 bits per heavy atom. The first-order valence-corrected chi connectivity index (χ1v) is 11.7. The van der Waals surface area contributed by atoms with Gasteiger partial charge in [0.15, 0.2) is 0 Å². The standard InChI is InChI=1S/C28H36N2O3/c1-21-8-6-9-22(2)25(21)14-12-23-10-7-11-24(20-23)13-15-26(31)29-16-18-30(19-17-29)27(32)33-28(3,4)5/h6-12,14,20H,13,15-19H2,1-5H3. The predicted octanol–water partition coefficient (Wildman–Crippen LogP) is 5.49. The Kier molecular flexibility index (Phi) is 7.96. The second-order valence-electron chi connectivity index (χ2n) is 9.73. The molecule has 0 aliphatic carbocycles. The van der Waals surface area contributed by atoms with Crippen LogP contribution in [-0.2, 0) is 16.0 Å². The zero-order chi connectivity index (χ0) is 24.0. The molecule has 2 aromatic rings. The molecule has 2 aromatic carbocycles. The van der Waals surface area contributed by atoms with Gasteiger partial charge in [0.05, 0.1) is 0 Å². The van der Waals surface area contributed by atoms with Crippen molar-refractivity contribution in [1.82, 2.24) is 9.80 Å². The van der Waals surface area contributed by atoms with Crippen molar-refractivity contribution < 1.29 is 14.3 Å². The van der Waals surface area contributed by atoms with Gasteiger partial charge in [-0.1, -0.05) is 54.6 Å². The molecule has 1 fully saturated rings. The van der Waals surface area contributed by atoms with Crippen LogP contribution in [0.1, 0.15) is 55.0 Å². The van der Waals surface area contributed by atoms with Gasteiger partial charge in [-0.15, -0.1) is 0 Å². The lowest BCUT2D eigenvalue weighted by atomic mass is 10.0. The van der Waals surface area contributed by atoms with E-state index in [0.717, 1.165) is 11.1 Å². The van der Waals surface area contributed by atoms with Crippen molar-refractivity contribution >= 4 is 24.2 Å². The third-order valence-corrected chi connectivity index (χ3v) is 5.85. The molecule has 1 aliphatic rings. The minimum absolute atomic E-state index is 0.135.